The first-order valence-electron chi connectivity index (χ1n) is 10.3. The molecule has 3 atom stereocenters. The van der Waals surface area contributed by atoms with Gasteiger partial charge in [-0.05, 0) is 62.5 Å². The lowest BCUT2D eigenvalue weighted by Gasteiger charge is -2.41. The molecule has 0 radical (unpaired) electrons. The molecule has 2 aromatic carbocycles. The first-order valence-corrected chi connectivity index (χ1v) is 10.3. The summed E-state index contributed by atoms with van der Waals surface area (Å²) in [6, 6.07) is 21.7. The van der Waals surface area contributed by atoms with E-state index in [1.165, 1.54) is 30.4 Å². The Morgan fingerprint density at radius 1 is 0.808 bits per heavy atom. The highest BCUT2D eigenvalue weighted by molar-refractivity contribution is 5.19. The molecule has 1 aliphatic heterocycles. The first-order chi connectivity index (χ1) is 12.9. The maximum absolute atomic E-state index is 6.66. The molecule has 0 spiro atoms. The van der Waals surface area contributed by atoms with Crippen LogP contribution in [0.2, 0.25) is 0 Å². The van der Waals surface area contributed by atoms with Crippen molar-refractivity contribution in [2.75, 3.05) is 0 Å². The van der Waals surface area contributed by atoms with E-state index < -0.39 is 0 Å². The second kappa shape index (κ2) is 8.68. The molecule has 4 rings (SSSR count). The Morgan fingerprint density at radius 3 is 2.15 bits per heavy atom. The molecule has 1 saturated heterocycles. The molecule has 0 N–H and O–H groups in total. The molecule has 2 aliphatic rings. The molecular formula is C25H30O. The summed E-state index contributed by atoms with van der Waals surface area (Å²) in [5.41, 5.74) is 4.55. The van der Waals surface area contributed by atoms with Gasteiger partial charge in [-0.15, -0.1) is 0 Å². The number of rotatable bonds is 6. The van der Waals surface area contributed by atoms with Gasteiger partial charge in [0.15, 0.2) is 0 Å². The minimum Gasteiger partial charge on any atom is -0.374 e. The standard InChI is InChI=1S/C25H30O/c1-3-9-20(10-4-1)15-17-23-19-22-13-7-8-14-24(22)25(26-23)18-16-21-11-5-2-6-12-21/h1-6,9-13,23-25H,7-8,14-19H2/t23-,24-,25+/m0/s1. The van der Waals surface area contributed by atoms with Crippen molar-refractivity contribution in [1.82, 2.24) is 0 Å². The quantitative estimate of drug-likeness (QED) is 0.571. The number of hydrogen-bond acceptors (Lipinski definition) is 1. The lowest BCUT2D eigenvalue weighted by Crippen LogP contribution is -2.38. The molecule has 1 heterocycles. The fourth-order valence-corrected chi connectivity index (χ4v) is 4.64. The van der Waals surface area contributed by atoms with Crippen LogP contribution in [-0.2, 0) is 17.6 Å². The molecule has 1 nitrogen and oxygen atoms in total. The summed E-state index contributed by atoms with van der Waals surface area (Å²) < 4.78 is 6.66. The second-order valence-electron chi connectivity index (χ2n) is 7.87. The molecule has 0 saturated carbocycles. The molecule has 0 amide bonds. The topological polar surface area (TPSA) is 9.23 Å². The Kier molecular flexibility index (Phi) is 5.86. The Bertz CT molecular complexity index is 703. The van der Waals surface area contributed by atoms with Crippen LogP contribution in [0.25, 0.3) is 0 Å². The third-order valence-corrected chi connectivity index (χ3v) is 6.04. The van der Waals surface area contributed by atoms with Crippen molar-refractivity contribution in [2.24, 2.45) is 5.92 Å². The summed E-state index contributed by atoms with van der Waals surface area (Å²) in [4.78, 5) is 0. The molecular weight excluding hydrogens is 316 g/mol. The normalized spacial score (nSPS) is 25.4. The van der Waals surface area contributed by atoms with Gasteiger partial charge in [-0.1, -0.05) is 72.3 Å². The van der Waals surface area contributed by atoms with Gasteiger partial charge >= 0.3 is 0 Å². The fourth-order valence-electron chi connectivity index (χ4n) is 4.64. The molecule has 1 aliphatic carbocycles. The van der Waals surface area contributed by atoms with E-state index in [-0.39, 0.29) is 0 Å². The van der Waals surface area contributed by atoms with E-state index >= 15 is 0 Å². The van der Waals surface area contributed by atoms with E-state index in [0.29, 0.717) is 18.1 Å². The molecule has 0 aromatic heterocycles. The largest absolute Gasteiger partial charge is 0.374 e. The van der Waals surface area contributed by atoms with Gasteiger partial charge in [0.25, 0.3) is 0 Å². The van der Waals surface area contributed by atoms with Gasteiger partial charge in [0.05, 0.1) is 12.2 Å². The molecule has 1 heteroatoms. The van der Waals surface area contributed by atoms with Crippen molar-refractivity contribution in [3.05, 3.63) is 83.4 Å². The SMILES string of the molecule is C1=C2C[C@H](CCc3ccccc3)O[C@H](CCc3ccccc3)[C@H]2CCC1. The lowest BCUT2D eigenvalue weighted by atomic mass is 9.77. The highest BCUT2D eigenvalue weighted by atomic mass is 16.5. The number of fused-ring (bicyclic) bond motifs is 1. The lowest BCUT2D eigenvalue weighted by molar-refractivity contribution is -0.0694. The Morgan fingerprint density at radius 2 is 1.46 bits per heavy atom. The van der Waals surface area contributed by atoms with Crippen LogP contribution in [0.1, 0.15) is 49.7 Å². The van der Waals surface area contributed by atoms with Crippen LogP contribution in [0, 0.1) is 5.92 Å². The highest BCUT2D eigenvalue weighted by Gasteiger charge is 2.35. The summed E-state index contributed by atoms with van der Waals surface area (Å²) in [6.07, 6.45) is 12.9. The van der Waals surface area contributed by atoms with E-state index in [1.54, 1.807) is 5.57 Å². The number of allylic oxidation sites excluding steroid dienone is 1. The zero-order valence-electron chi connectivity index (χ0n) is 15.6. The molecule has 136 valence electrons. The number of aryl methyl sites for hydroxylation is 2. The summed E-state index contributed by atoms with van der Waals surface area (Å²) in [6.45, 7) is 0. The van der Waals surface area contributed by atoms with Crippen molar-refractivity contribution in [2.45, 2.75) is 63.6 Å². The minimum atomic E-state index is 0.386. The van der Waals surface area contributed by atoms with Gasteiger partial charge in [0, 0.05) is 5.92 Å². The van der Waals surface area contributed by atoms with Crippen LogP contribution in [0.3, 0.4) is 0 Å². The van der Waals surface area contributed by atoms with Crippen LogP contribution in [0.5, 0.6) is 0 Å². The number of ether oxygens (including phenoxy) is 1. The van der Waals surface area contributed by atoms with Gasteiger partial charge in [-0.25, -0.2) is 0 Å². The Hall–Kier alpha value is -1.86. The van der Waals surface area contributed by atoms with Gasteiger partial charge in [0.2, 0.25) is 0 Å². The smallest absolute Gasteiger partial charge is 0.0647 e. The summed E-state index contributed by atoms with van der Waals surface area (Å²) in [7, 11) is 0. The van der Waals surface area contributed by atoms with E-state index in [4.69, 9.17) is 4.74 Å². The van der Waals surface area contributed by atoms with E-state index in [2.05, 4.69) is 66.7 Å². The molecule has 0 bridgehead atoms. The summed E-state index contributed by atoms with van der Waals surface area (Å²) in [5, 5.41) is 0. The van der Waals surface area contributed by atoms with Crippen LogP contribution in [0.15, 0.2) is 72.3 Å². The van der Waals surface area contributed by atoms with Crippen molar-refractivity contribution < 1.29 is 4.74 Å². The van der Waals surface area contributed by atoms with Crippen LogP contribution >= 0.6 is 0 Å². The van der Waals surface area contributed by atoms with Gasteiger partial charge in [-0.2, -0.15) is 0 Å². The molecule has 1 fully saturated rings. The predicted octanol–water partition coefficient (Wildman–Crippen LogP) is 6.14. The monoisotopic (exact) mass is 346 g/mol. The molecule has 0 unspecified atom stereocenters. The van der Waals surface area contributed by atoms with Crippen LogP contribution < -0.4 is 0 Å². The zero-order chi connectivity index (χ0) is 17.6. The average molecular weight is 347 g/mol. The van der Waals surface area contributed by atoms with Crippen molar-refractivity contribution in [3.8, 4) is 0 Å². The highest BCUT2D eigenvalue weighted by Crippen LogP contribution is 2.39. The third kappa shape index (κ3) is 4.45. The van der Waals surface area contributed by atoms with Crippen LogP contribution in [-0.4, -0.2) is 12.2 Å². The number of hydrogen-bond donors (Lipinski definition) is 0. The van der Waals surface area contributed by atoms with Gasteiger partial charge in [-0.3, -0.25) is 0 Å². The average Bonchev–Trinajstić information content (AvgIpc) is 2.72. The number of benzene rings is 2. The predicted molar refractivity (Wildman–Crippen MR) is 108 cm³/mol. The maximum Gasteiger partial charge on any atom is 0.0647 e. The Labute approximate surface area is 158 Å². The van der Waals surface area contributed by atoms with Crippen molar-refractivity contribution >= 4 is 0 Å². The molecule has 26 heavy (non-hydrogen) atoms. The Balaban J connectivity index is 1.40. The third-order valence-electron chi connectivity index (χ3n) is 6.04. The fraction of sp³-hybridized carbons (Fsp3) is 0.440. The van der Waals surface area contributed by atoms with E-state index in [9.17, 15) is 0 Å². The van der Waals surface area contributed by atoms with Gasteiger partial charge < -0.3 is 4.74 Å². The van der Waals surface area contributed by atoms with E-state index in [1.807, 2.05) is 0 Å². The van der Waals surface area contributed by atoms with Crippen molar-refractivity contribution in [1.29, 1.82) is 0 Å². The zero-order valence-corrected chi connectivity index (χ0v) is 15.6. The minimum absolute atomic E-state index is 0.386. The summed E-state index contributed by atoms with van der Waals surface area (Å²) in [5.74, 6) is 0.667. The first kappa shape index (κ1) is 17.5. The second-order valence-corrected chi connectivity index (χ2v) is 7.87. The molecule has 2 aromatic rings. The van der Waals surface area contributed by atoms with E-state index in [0.717, 1.165) is 32.1 Å². The maximum atomic E-state index is 6.66. The summed E-state index contributed by atoms with van der Waals surface area (Å²) >= 11 is 0. The van der Waals surface area contributed by atoms with Gasteiger partial charge in [0.1, 0.15) is 0 Å². The van der Waals surface area contributed by atoms with Crippen molar-refractivity contribution in [3.63, 3.8) is 0 Å². The van der Waals surface area contributed by atoms with Crippen LogP contribution in [0.4, 0.5) is 0 Å².